The topological polar surface area (TPSA) is 43.8 Å². The zero-order valence-corrected chi connectivity index (χ0v) is 8.16. The van der Waals surface area contributed by atoms with Crippen LogP contribution in [0.2, 0.25) is 0 Å². The van der Waals surface area contributed by atoms with E-state index in [0.29, 0.717) is 0 Å². The van der Waals surface area contributed by atoms with Crippen molar-refractivity contribution >= 4 is 0 Å². The summed E-state index contributed by atoms with van der Waals surface area (Å²) >= 11 is 0. The molecule has 13 heavy (non-hydrogen) atoms. The molecule has 1 unspecified atom stereocenters. The number of nitrogens with two attached hydrogens (primary N) is 1. The predicted molar refractivity (Wildman–Crippen MR) is 52.4 cm³/mol. The molecule has 2 rings (SSSR count). The van der Waals surface area contributed by atoms with E-state index < -0.39 is 0 Å². The lowest BCUT2D eigenvalue weighted by atomic mass is 9.87. The van der Waals surface area contributed by atoms with Gasteiger partial charge in [0.05, 0.1) is 12.0 Å². The highest BCUT2D eigenvalue weighted by Crippen LogP contribution is 2.25. The lowest BCUT2D eigenvalue weighted by molar-refractivity contribution is 0.420. The smallest absolute Gasteiger partial charge is 0.0949 e. The molecule has 0 amide bonds. The molecule has 0 saturated heterocycles. The van der Waals surface area contributed by atoms with Crippen molar-refractivity contribution < 1.29 is 0 Å². The van der Waals surface area contributed by atoms with Crippen LogP contribution in [-0.2, 0) is 19.9 Å². The van der Waals surface area contributed by atoms with E-state index in [2.05, 4.69) is 16.6 Å². The maximum absolute atomic E-state index is 5.57. The van der Waals surface area contributed by atoms with E-state index in [1.54, 1.807) is 0 Å². The van der Waals surface area contributed by atoms with Crippen LogP contribution in [0.5, 0.6) is 0 Å². The molecule has 0 aliphatic heterocycles. The highest BCUT2D eigenvalue weighted by Gasteiger charge is 2.20. The van der Waals surface area contributed by atoms with Gasteiger partial charge in [-0.1, -0.05) is 0 Å². The Bertz CT molecular complexity index is 290. The Morgan fingerprint density at radius 1 is 1.69 bits per heavy atom. The summed E-state index contributed by atoms with van der Waals surface area (Å²) in [5.74, 6) is 0.785. The molecule has 0 spiro atoms. The SMILES string of the molecule is Cn1cnc2c1CC(CCN)CC2. The molecule has 1 aliphatic rings. The molecule has 1 aromatic rings. The first-order valence-corrected chi connectivity index (χ1v) is 5.00. The molecule has 0 saturated carbocycles. The fraction of sp³-hybridized carbons (Fsp3) is 0.700. The molecule has 0 radical (unpaired) electrons. The molecule has 0 aromatic carbocycles. The summed E-state index contributed by atoms with van der Waals surface area (Å²) in [6, 6.07) is 0. The highest BCUT2D eigenvalue weighted by atomic mass is 15.0. The zero-order chi connectivity index (χ0) is 9.26. The Morgan fingerprint density at radius 2 is 2.54 bits per heavy atom. The van der Waals surface area contributed by atoms with Gasteiger partial charge < -0.3 is 10.3 Å². The van der Waals surface area contributed by atoms with Gasteiger partial charge in [-0.05, 0) is 38.1 Å². The fourth-order valence-corrected chi connectivity index (χ4v) is 2.17. The third-order valence-electron chi connectivity index (χ3n) is 2.99. The average molecular weight is 179 g/mol. The van der Waals surface area contributed by atoms with Gasteiger partial charge in [0.15, 0.2) is 0 Å². The van der Waals surface area contributed by atoms with Gasteiger partial charge in [0.2, 0.25) is 0 Å². The van der Waals surface area contributed by atoms with E-state index in [0.717, 1.165) is 25.3 Å². The second-order valence-corrected chi connectivity index (χ2v) is 3.94. The monoisotopic (exact) mass is 179 g/mol. The summed E-state index contributed by atoms with van der Waals surface area (Å²) in [4.78, 5) is 4.38. The summed E-state index contributed by atoms with van der Waals surface area (Å²) in [7, 11) is 2.08. The molecule has 1 atom stereocenters. The van der Waals surface area contributed by atoms with Gasteiger partial charge in [0.1, 0.15) is 0 Å². The van der Waals surface area contributed by atoms with Crippen molar-refractivity contribution in [2.24, 2.45) is 18.7 Å². The van der Waals surface area contributed by atoms with E-state index in [1.165, 1.54) is 24.2 Å². The molecule has 72 valence electrons. The minimum Gasteiger partial charge on any atom is -0.337 e. The Kier molecular flexibility index (Phi) is 2.36. The number of hydrogen-bond acceptors (Lipinski definition) is 2. The molecule has 3 nitrogen and oxygen atoms in total. The van der Waals surface area contributed by atoms with Crippen LogP contribution in [0.4, 0.5) is 0 Å². The minimum absolute atomic E-state index is 0.785. The van der Waals surface area contributed by atoms with E-state index in [-0.39, 0.29) is 0 Å². The van der Waals surface area contributed by atoms with Crippen molar-refractivity contribution in [3.05, 3.63) is 17.7 Å². The molecule has 0 bridgehead atoms. The van der Waals surface area contributed by atoms with Gasteiger partial charge >= 0.3 is 0 Å². The predicted octanol–water partition coefficient (Wildman–Crippen LogP) is 0.874. The maximum Gasteiger partial charge on any atom is 0.0949 e. The molecular formula is C10H17N3. The number of rotatable bonds is 2. The average Bonchev–Trinajstić information content (AvgIpc) is 2.49. The lowest BCUT2D eigenvalue weighted by Gasteiger charge is -2.21. The van der Waals surface area contributed by atoms with Crippen LogP contribution in [0.1, 0.15) is 24.2 Å². The van der Waals surface area contributed by atoms with E-state index >= 15 is 0 Å². The van der Waals surface area contributed by atoms with E-state index in [1.807, 2.05) is 6.33 Å². The third-order valence-corrected chi connectivity index (χ3v) is 2.99. The molecule has 3 heteroatoms. The molecule has 1 aliphatic carbocycles. The first kappa shape index (κ1) is 8.75. The Morgan fingerprint density at radius 3 is 3.31 bits per heavy atom. The minimum atomic E-state index is 0.785. The van der Waals surface area contributed by atoms with Gasteiger partial charge in [-0.2, -0.15) is 0 Å². The summed E-state index contributed by atoms with van der Waals surface area (Å²) in [5, 5.41) is 0. The first-order chi connectivity index (χ1) is 6.31. The Hall–Kier alpha value is -0.830. The van der Waals surface area contributed by atoms with Crippen LogP contribution < -0.4 is 5.73 Å². The summed E-state index contributed by atoms with van der Waals surface area (Å²) in [6.45, 7) is 0.817. The molecule has 1 aromatic heterocycles. The van der Waals surface area contributed by atoms with Gasteiger partial charge in [-0.3, -0.25) is 0 Å². The van der Waals surface area contributed by atoms with Crippen molar-refractivity contribution in [3.8, 4) is 0 Å². The van der Waals surface area contributed by atoms with Crippen molar-refractivity contribution in [1.29, 1.82) is 0 Å². The van der Waals surface area contributed by atoms with Crippen LogP contribution in [-0.4, -0.2) is 16.1 Å². The second-order valence-electron chi connectivity index (χ2n) is 3.94. The number of hydrogen-bond donors (Lipinski definition) is 1. The van der Waals surface area contributed by atoms with Crippen molar-refractivity contribution in [1.82, 2.24) is 9.55 Å². The molecule has 1 heterocycles. The van der Waals surface area contributed by atoms with Crippen LogP contribution in [0.25, 0.3) is 0 Å². The number of nitrogens with zero attached hydrogens (tertiary/aromatic N) is 2. The first-order valence-electron chi connectivity index (χ1n) is 5.00. The Labute approximate surface area is 79.0 Å². The quantitative estimate of drug-likeness (QED) is 0.732. The summed E-state index contributed by atoms with van der Waals surface area (Å²) < 4.78 is 2.15. The van der Waals surface area contributed by atoms with Gasteiger partial charge in [-0.15, -0.1) is 0 Å². The highest BCUT2D eigenvalue weighted by molar-refractivity contribution is 5.16. The van der Waals surface area contributed by atoms with Gasteiger partial charge in [0.25, 0.3) is 0 Å². The molecule has 0 fully saturated rings. The van der Waals surface area contributed by atoms with Crippen LogP contribution in [0, 0.1) is 5.92 Å². The Balaban J connectivity index is 2.13. The van der Waals surface area contributed by atoms with E-state index in [4.69, 9.17) is 5.73 Å². The fourth-order valence-electron chi connectivity index (χ4n) is 2.17. The standard InChI is InChI=1S/C10H17N3/c1-13-7-12-9-3-2-8(4-5-11)6-10(9)13/h7-8H,2-6,11H2,1H3. The zero-order valence-electron chi connectivity index (χ0n) is 8.16. The summed E-state index contributed by atoms with van der Waals surface area (Å²) in [5.41, 5.74) is 8.29. The van der Waals surface area contributed by atoms with Crippen molar-refractivity contribution in [3.63, 3.8) is 0 Å². The molecular weight excluding hydrogens is 162 g/mol. The third kappa shape index (κ3) is 1.61. The maximum atomic E-state index is 5.57. The van der Waals surface area contributed by atoms with Crippen molar-refractivity contribution in [2.75, 3.05) is 6.54 Å². The van der Waals surface area contributed by atoms with Crippen LogP contribution in [0.15, 0.2) is 6.33 Å². The number of aryl methyl sites for hydroxylation is 2. The van der Waals surface area contributed by atoms with Gasteiger partial charge in [0, 0.05) is 12.7 Å². The van der Waals surface area contributed by atoms with Crippen LogP contribution >= 0.6 is 0 Å². The number of fused-ring (bicyclic) bond motifs is 1. The number of aromatic nitrogens is 2. The van der Waals surface area contributed by atoms with Crippen molar-refractivity contribution in [2.45, 2.75) is 25.7 Å². The number of imidazole rings is 1. The largest absolute Gasteiger partial charge is 0.337 e. The van der Waals surface area contributed by atoms with Crippen LogP contribution in [0.3, 0.4) is 0 Å². The van der Waals surface area contributed by atoms with Gasteiger partial charge in [-0.25, -0.2) is 4.98 Å². The second kappa shape index (κ2) is 3.50. The normalized spacial score (nSPS) is 21.5. The molecule has 2 N–H and O–H groups in total. The van der Waals surface area contributed by atoms with E-state index in [9.17, 15) is 0 Å². The lowest BCUT2D eigenvalue weighted by Crippen LogP contribution is -2.19. The summed E-state index contributed by atoms with van der Waals surface area (Å²) in [6.07, 6.45) is 6.66.